The maximum Gasteiger partial charge on any atom is 0.325 e. The number of primary amides is 1. The quantitative estimate of drug-likeness (QED) is 0.822. The molecule has 2 rings (SSSR count). The molecule has 1 heterocycles. The molecule has 4 amide bonds. The van der Waals surface area contributed by atoms with Gasteiger partial charge >= 0.3 is 6.03 Å². The molecule has 0 aromatic heterocycles. The molecule has 1 aromatic rings. The molecule has 1 unspecified atom stereocenters. The number of rotatable bonds is 4. The van der Waals surface area contributed by atoms with Crippen LogP contribution in [0.2, 0.25) is 10.0 Å². The maximum atomic E-state index is 12.5. The van der Waals surface area contributed by atoms with Gasteiger partial charge < -0.3 is 11.1 Å². The van der Waals surface area contributed by atoms with Crippen molar-refractivity contribution in [2.75, 3.05) is 6.54 Å². The Labute approximate surface area is 131 Å². The Bertz CT molecular complexity index is 635. The van der Waals surface area contributed by atoms with Crippen LogP contribution in [0.4, 0.5) is 4.79 Å². The Hall–Kier alpha value is -1.79. The van der Waals surface area contributed by atoms with Crippen LogP contribution >= 0.6 is 23.2 Å². The molecule has 1 aliphatic heterocycles. The lowest BCUT2D eigenvalue weighted by molar-refractivity contribution is -0.131. The molecule has 1 aromatic carbocycles. The number of nitrogens with two attached hydrogens (primary N) is 1. The van der Waals surface area contributed by atoms with Gasteiger partial charge in [-0.3, -0.25) is 14.5 Å². The van der Waals surface area contributed by atoms with Crippen LogP contribution in [0, 0.1) is 0 Å². The van der Waals surface area contributed by atoms with Crippen LogP contribution < -0.4 is 11.1 Å². The van der Waals surface area contributed by atoms with Gasteiger partial charge in [0, 0.05) is 13.0 Å². The highest BCUT2D eigenvalue weighted by Crippen LogP contribution is 2.32. The molecule has 112 valence electrons. The molecule has 0 aliphatic carbocycles. The van der Waals surface area contributed by atoms with Crippen LogP contribution in [0.15, 0.2) is 18.2 Å². The zero-order chi connectivity index (χ0) is 15.8. The summed E-state index contributed by atoms with van der Waals surface area (Å²) in [5.74, 6) is -1.05. The van der Waals surface area contributed by atoms with E-state index in [-0.39, 0.29) is 18.0 Å². The number of nitrogens with one attached hydrogen (secondary N) is 1. The Morgan fingerprint density at radius 3 is 2.57 bits per heavy atom. The zero-order valence-electron chi connectivity index (χ0n) is 11.2. The van der Waals surface area contributed by atoms with Crippen molar-refractivity contribution in [2.45, 2.75) is 18.9 Å². The first-order chi connectivity index (χ1) is 9.75. The maximum absolute atomic E-state index is 12.5. The Morgan fingerprint density at radius 1 is 1.33 bits per heavy atom. The fraction of sp³-hybridized carbons (Fsp3) is 0.308. The van der Waals surface area contributed by atoms with Crippen LogP contribution in [0.1, 0.15) is 18.9 Å². The monoisotopic (exact) mass is 329 g/mol. The summed E-state index contributed by atoms with van der Waals surface area (Å²) in [6.07, 6.45) is -0.0867. The third-order valence-electron chi connectivity index (χ3n) is 3.35. The second-order valence-corrected chi connectivity index (χ2v) is 5.67. The van der Waals surface area contributed by atoms with Crippen molar-refractivity contribution < 1.29 is 14.4 Å². The fourth-order valence-corrected chi connectivity index (χ4v) is 2.42. The molecule has 6 nitrogen and oxygen atoms in total. The van der Waals surface area contributed by atoms with Gasteiger partial charge in [0.15, 0.2) is 0 Å². The van der Waals surface area contributed by atoms with Crippen molar-refractivity contribution in [1.82, 2.24) is 10.2 Å². The number of carbonyl (C=O) groups is 3. The lowest BCUT2D eigenvalue weighted by Crippen LogP contribution is -2.41. The number of amides is 4. The summed E-state index contributed by atoms with van der Waals surface area (Å²) in [4.78, 5) is 36.2. The smallest absolute Gasteiger partial charge is 0.325 e. The summed E-state index contributed by atoms with van der Waals surface area (Å²) in [5.41, 5.74) is 4.30. The van der Waals surface area contributed by atoms with E-state index < -0.39 is 23.4 Å². The van der Waals surface area contributed by atoms with E-state index in [0.29, 0.717) is 10.6 Å². The Kier molecular flexibility index (Phi) is 4.11. The summed E-state index contributed by atoms with van der Waals surface area (Å²) in [6, 6.07) is 4.12. The van der Waals surface area contributed by atoms with Crippen molar-refractivity contribution in [3.63, 3.8) is 0 Å². The Morgan fingerprint density at radius 2 is 2.00 bits per heavy atom. The third kappa shape index (κ3) is 2.82. The zero-order valence-corrected chi connectivity index (χ0v) is 12.7. The molecule has 0 saturated carbocycles. The van der Waals surface area contributed by atoms with Crippen LogP contribution in [0.25, 0.3) is 0 Å². The van der Waals surface area contributed by atoms with E-state index in [2.05, 4.69) is 5.32 Å². The van der Waals surface area contributed by atoms with E-state index in [1.807, 2.05) is 0 Å². The van der Waals surface area contributed by atoms with E-state index >= 15 is 0 Å². The van der Waals surface area contributed by atoms with Crippen molar-refractivity contribution in [3.8, 4) is 0 Å². The van der Waals surface area contributed by atoms with E-state index in [4.69, 9.17) is 28.9 Å². The van der Waals surface area contributed by atoms with Gasteiger partial charge in [-0.05, 0) is 24.6 Å². The van der Waals surface area contributed by atoms with Crippen molar-refractivity contribution in [2.24, 2.45) is 5.73 Å². The molecule has 0 bridgehead atoms. The molecule has 1 saturated heterocycles. The first-order valence-corrected chi connectivity index (χ1v) is 6.89. The molecule has 0 radical (unpaired) electrons. The lowest BCUT2D eigenvalue weighted by atomic mass is 9.92. The van der Waals surface area contributed by atoms with Crippen LogP contribution in [-0.2, 0) is 15.1 Å². The summed E-state index contributed by atoms with van der Waals surface area (Å²) >= 11 is 11.8. The number of carbonyl (C=O) groups excluding carboxylic acids is 3. The minimum Gasteiger partial charge on any atom is -0.370 e. The van der Waals surface area contributed by atoms with Crippen molar-refractivity contribution in [3.05, 3.63) is 33.8 Å². The standard InChI is InChI=1S/C13H13Cl2N3O3/c1-13(7-2-3-8(14)9(15)6-7)11(20)18(12(21)17-13)5-4-10(16)19/h2-3,6H,4-5H2,1H3,(H2,16,19)(H,17,21). The van der Waals surface area contributed by atoms with Gasteiger partial charge in [0.25, 0.3) is 5.91 Å². The van der Waals surface area contributed by atoms with Gasteiger partial charge in [-0.15, -0.1) is 0 Å². The van der Waals surface area contributed by atoms with Gasteiger partial charge in [-0.1, -0.05) is 29.3 Å². The molecule has 21 heavy (non-hydrogen) atoms. The van der Waals surface area contributed by atoms with Crippen LogP contribution in [0.5, 0.6) is 0 Å². The number of nitrogens with zero attached hydrogens (tertiary/aromatic N) is 1. The van der Waals surface area contributed by atoms with E-state index in [1.54, 1.807) is 19.1 Å². The summed E-state index contributed by atoms with van der Waals surface area (Å²) < 4.78 is 0. The predicted molar refractivity (Wildman–Crippen MR) is 77.9 cm³/mol. The fourth-order valence-electron chi connectivity index (χ4n) is 2.12. The summed E-state index contributed by atoms with van der Waals surface area (Å²) in [5, 5.41) is 3.24. The van der Waals surface area contributed by atoms with Crippen LogP contribution in [-0.4, -0.2) is 29.3 Å². The number of benzene rings is 1. The minimum atomic E-state index is -1.25. The predicted octanol–water partition coefficient (Wildman–Crippen LogP) is 1.64. The second kappa shape index (κ2) is 5.54. The molecule has 1 atom stereocenters. The van der Waals surface area contributed by atoms with Gasteiger partial charge in [0.05, 0.1) is 10.0 Å². The molecule has 1 aliphatic rings. The van der Waals surface area contributed by atoms with E-state index in [0.717, 1.165) is 4.90 Å². The van der Waals surface area contributed by atoms with Crippen molar-refractivity contribution in [1.29, 1.82) is 0 Å². The average molecular weight is 330 g/mol. The minimum absolute atomic E-state index is 0.0586. The van der Waals surface area contributed by atoms with Gasteiger partial charge in [-0.25, -0.2) is 4.79 Å². The largest absolute Gasteiger partial charge is 0.370 e. The van der Waals surface area contributed by atoms with E-state index in [9.17, 15) is 14.4 Å². The average Bonchev–Trinajstić information content (AvgIpc) is 2.62. The van der Waals surface area contributed by atoms with Gasteiger partial charge in [0.1, 0.15) is 5.54 Å². The number of urea groups is 1. The molecule has 1 fully saturated rings. The molecule has 8 heteroatoms. The van der Waals surface area contributed by atoms with Crippen molar-refractivity contribution >= 4 is 41.0 Å². The highest BCUT2D eigenvalue weighted by atomic mass is 35.5. The number of hydrogen-bond acceptors (Lipinski definition) is 3. The molecular weight excluding hydrogens is 317 g/mol. The van der Waals surface area contributed by atoms with Gasteiger partial charge in [0.2, 0.25) is 5.91 Å². The number of imide groups is 1. The SMILES string of the molecule is CC1(c2ccc(Cl)c(Cl)c2)NC(=O)N(CCC(N)=O)C1=O. The third-order valence-corrected chi connectivity index (χ3v) is 4.09. The highest BCUT2D eigenvalue weighted by molar-refractivity contribution is 6.42. The molecular formula is C13H13Cl2N3O3. The summed E-state index contributed by atoms with van der Waals surface area (Å²) in [7, 11) is 0. The molecule has 3 N–H and O–H groups in total. The van der Waals surface area contributed by atoms with E-state index in [1.165, 1.54) is 6.07 Å². The topological polar surface area (TPSA) is 92.5 Å². The summed E-state index contributed by atoms with van der Waals surface area (Å²) in [6.45, 7) is 1.51. The second-order valence-electron chi connectivity index (χ2n) is 4.86. The number of hydrogen-bond donors (Lipinski definition) is 2. The Balaban J connectivity index is 2.31. The van der Waals surface area contributed by atoms with Crippen LogP contribution in [0.3, 0.4) is 0 Å². The lowest BCUT2D eigenvalue weighted by Gasteiger charge is -2.22. The number of halogens is 2. The highest BCUT2D eigenvalue weighted by Gasteiger charge is 2.48. The first-order valence-electron chi connectivity index (χ1n) is 6.13. The normalized spacial score (nSPS) is 21.6. The molecule has 0 spiro atoms. The first kappa shape index (κ1) is 15.6. The van der Waals surface area contributed by atoms with Gasteiger partial charge in [-0.2, -0.15) is 0 Å².